The summed E-state index contributed by atoms with van der Waals surface area (Å²) in [4.78, 5) is 0. The Morgan fingerprint density at radius 3 is 2.16 bits per heavy atom. The number of hydrogen-bond acceptors (Lipinski definition) is 1. The van der Waals surface area contributed by atoms with Crippen molar-refractivity contribution in [3.63, 3.8) is 0 Å². The van der Waals surface area contributed by atoms with E-state index in [0.29, 0.717) is 0 Å². The Labute approximate surface area is 177 Å². The lowest BCUT2D eigenvalue weighted by Crippen LogP contribution is -1.80. The largest absolute Gasteiger partial charge is 0.430 e. The molecular formula is C21H15I3O. The standard InChI is InChI=1S/C21H15I3O/c1-14-2-7-20(8-3-14)23-24-25-21-9-5-16-10-17-12-19(22)6-4-15(17)11-18(16)13-21/h2-13H,1H3. The molecule has 0 amide bonds. The minimum Gasteiger partial charge on any atom is -0.430 e. The predicted octanol–water partition coefficient (Wildman–Crippen LogP) is 7.93. The predicted molar refractivity (Wildman–Crippen MR) is 133 cm³/mol. The van der Waals surface area contributed by atoms with Crippen molar-refractivity contribution in [3.8, 4) is 5.75 Å². The van der Waals surface area contributed by atoms with Crippen molar-refractivity contribution < 1.29 is 3.07 Å². The zero-order chi connectivity index (χ0) is 17.2. The van der Waals surface area contributed by atoms with Crippen LogP contribution < -0.4 is 3.07 Å². The Balaban J connectivity index is 1.61. The molecule has 0 saturated carbocycles. The number of aryl methyl sites for hydroxylation is 1. The lowest BCUT2D eigenvalue weighted by Gasteiger charge is -2.05. The van der Waals surface area contributed by atoms with Gasteiger partial charge in [-0.2, -0.15) is 0 Å². The second-order valence-corrected chi connectivity index (χ2v) is 14.5. The van der Waals surface area contributed by atoms with Gasteiger partial charge in [-0.25, -0.2) is 0 Å². The SMILES string of the molecule is Cc1ccc(I=IOc2ccc3cc4cc(I)ccc4cc3c2)cc1. The Hall–Kier alpha value is -0.610. The van der Waals surface area contributed by atoms with Gasteiger partial charge in [0.25, 0.3) is 0 Å². The van der Waals surface area contributed by atoms with E-state index in [1.807, 2.05) is 0 Å². The highest BCUT2D eigenvalue weighted by molar-refractivity contribution is 14.8. The summed E-state index contributed by atoms with van der Waals surface area (Å²) in [6.45, 7) is 2.13. The first-order chi connectivity index (χ1) is 12.2. The van der Waals surface area contributed by atoms with Gasteiger partial charge in [0.1, 0.15) is 5.75 Å². The third-order valence-electron chi connectivity index (χ3n) is 3.97. The molecule has 0 aromatic heterocycles. The quantitative estimate of drug-likeness (QED) is 0.160. The zero-order valence-electron chi connectivity index (χ0n) is 13.5. The van der Waals surface area contributed by atoms with Crippen LogP contribution in [0.3, 0.4) is 0 Å². The smallest absolute Gasteiger partial charge is 0.152 e. The highest BCUT2D eigenvalue weighted by Crippen LogP contribution is 2.31. The van der Waals surface area contributed by atoms with Crippen LogP contribution in [0.1, 0.15) is 5.56 Å². The minimum atomic E-state index is -0.230. The Morgan fingerprint density at radius 1 is 0.720 bits per heavy atom. The van der Waals surface area contributed by atoms with Crippen molar-refractivity contribution in [1.82, 2.24) is 0 Å². The van der Waals surface area contributed by atoms with Gasteiger partial charge in [0.15, 0.2) is 17.0 Å². The van der Waals surface area contributed by atoms with Gasteiger partial charge in [-0.15, -0.1) is 0 Å². The van der Waals surface area contributed by atoms with E-state index in [1.54, 1.807) is 0 Å². The number of rotatable bonds is 3. The summed E-state index contributed by atoms with van der Waals surface area (Å²) in [5, 5.41) is 5.11. The molecule has 126 valence electrons. The van der Waals surface area contributed by atoms with Crippen LogP contribution in [0.4, 0.5) is 0 Å². The van der Waals surface area contributed by atoms with Crippen molar-refractivity contribution >= 4 is 77.7 Å². The summed E-state index contributed by atoms with van der Waals surface area (Å²) >= 11 is 2.13. The van der Waals surface area contributed by atoms with Crippen LogP contribution in [0.25, 0.3) is 21.5 Å². The molecule has 0 saturated heterocycles. The second kappa shape index (κ2) is 7.96. The summed E-state index contributed by atoms with van der Waals surface area (Å²) in [5.74, 6) is 1.01. The molecule has 4 aromatic rings. The van der Waals surface area contributed by atoms with Gasteiger partial charge in [-0.3, -0.25) is 0 Å². The van der Waals surface area contributed by atoms with E-state index in [0.717, 1.165) is 5.75 Å². The van der Waals surface area contributed by atoms with E-state index < -0.39 is 0 Å². The Kier molecular flexibility index (Phi) is 5.66. The highest BCUT2D eigenvalue weighted by atomic mass is 128. The zero-order valence-corrected chi connectivity index (χ0v) is 19.9. The molecule has 0 aliphatic heterocycles. The van der Waals surface area contributed by atoms with Gasteiger partial charge in [-0.05, 0) is 116 Å². The van der Waals surface area contributed by atoms with Gasteiger partial charge in [-0.1, -0.05) is 29.8 Å². The van der Waals surface area contributed by atoms with Crippen molar-refractivity contribution in [3.05, 3.63) is 85.5 Å². The van der Waals surface area contributed by atoms with E-state index in [-0.39, 0.29) is 33.6 Å². The summed E-state index contributed by atoms with van der Waals surface area (Å²) in [5.41, 5.74) is 1.32. The Bertz CT molecular complexity index is 1090. The van der Waals surface area contributed by atoms with Crippen molar-refractivity contribution in [2.75, 3.05) is 0 Å². The molecule has 0 unspecified atom stereocenters. The topological polar surface area (TPSA) is 9.23 Å². The van der Waals surface area contributed by atoms with Crippen LogP contribution in [0, 0.1) is 14.1 Å². The lowest BCUT2D eigenvalue weighted by molar-refractivity contribution is 0.718. The minimum absolute atomic E-state index is 0.00162. The van der Waals surface area contributed by atoms with Crippen LogP contribution >= 0.6 is 56.2 Å². The van der Waals surface area contributed by atoms with E-state index in [2.05, 4.69) is 102 Å². The molecule has 25 heavy (non-hydrogen) atoms. The number of fused-ring (bicyclic) bond motifs is 2. The molecule has 0 fully saturated rings. The first-order valence-electron chi connectivity index (χ1n) is 7.83. The molecule has 0 aliphatic carbocycles. The van der Waals surface area contributed by atoms with Crippen molar-refractivity contribution in [1.29, 1.82) is 0 Å². The number of hydrogen-bond donors (Lipinski definition) is 0. The first kappa shape index (κ1) is 17.8. The van der Waals surface area contributed by atoms with Crippen LogP contribution in [-0.2, 0) is 0 Å². The summed E-state index contributed by atoms with van der Waals surface area (Å²) in [7, 11) is 0. The summed E-state index contributed by atoms with van der Waals surface area (Å²) in [6.07, 6.45) is 0. The molecule has 4 rings (SSSR count). The molecule has 0 spiro atoms. The third kappa shape index (κ3) is 4.39. The molecular weight excluding hydrogens is 649 g/mol. The molecule has 0 bridgehead atoms. The van der Waals surface area contributed by atoms with Gasteiger partial charge >= 0.3 is 0 Å². The van der Waals surface area contributed by atoms with Gasteiger partial charge in [0.2, 0.25) is 0 Å². The molecule has 0 radical (unpaired) electrons. The fraction of sp³-hybridized carbons (Fsp3) is 0.0476. The average molecular weight is 664 g/mol. The molecule has 0 heterocycles. The highest BCUT2D eigenvalue weighted by Gasteiger charge is 2.01. The molecule has 4 heteroatoms. The second-order valence-electron chi connectivity index (χ2n) is 5.86. The maximum atomic E-state index is 6.14. The maximum Gasteiger partial charge on any atom is 0.152 e. The molecule has 0 aliphatic rings. The fourth-order valence-corrected chi connectivity index (χ4v) is 9.51. The number of halogens is 3. The van der Waals surface area contributed by atoms with Gasteiger partial charge in [0, 0.05) is 7.14 Å². The molecule has 0 atom stereocenters. The molecule has 1 nitrogen and oxygen atoms in total. The molecule has 0 N–H and O–H groups in total. The monoisotopic (exact) mass is 664 g/mol. The summed E-state index contributed by atoms with van der Waals surface area (Å²) in [6, 6.07) is 26.5. The molecule has 4 aromatic carbocycles. The average Bonchev–Trinajstić information content (AvgIpc) is 2.62. The summed E-state index contributed by atoms with van der Waals surface area (Å²) < 4.78 is 8.88. The van der Waals surface area contributed by atoms with E-state index >= 15 is 0 Å². The van der Waals surface area contributed by atoms with Crippen LogP contribution in [-0.4, -0.2) is 0 Å². The van der Waals surface area contributed by atoms with Crippen molar-refractivity contribution in [2.24, 2.45) is 0 Å². The Morgan fingerprint density at radius 2 is 1.40 bits per heavy atom. The van der Waals surface area contributed by atoms with Gasteiger partial charge in [0.05, 0.1) is 0 Å². The fourth-order valence-electron chi connectivity index (χ4n) is 2.66. The van der Waals surface area contributed by atoms with Crippen LogP contribution in [0.15, 0.2) is 72.8 Å². The van der Waals surface area contributed by atoms with Crippen LogP contribution in [0.5, 0.6) is 5.75 Å². The normalized spacial score (nSPS) is 12.1. The first-order valence-corrected chi connectivity index (χ1v) is 17.2. The van der Waals surface area contributed by atoms with E-state index in [9.17, 15) is 0 Å². The lowest BCUT2D eigenvalue weighted by atomic mass is 10.0. The maximum absolute atomic E-state index is 6.14. The van der Waals surface area contributed by atoms with E-state index in [4.69, 9.17) is 3.07 Å². The van der Waals surface area contributed by atoms with Gasteiger partial charge < -0.3 is 3.07 Å². The van der Waals surface area contributed by atoms with Crippen LogP contribution in [0.2, 0.25) is 0 Å². The third-order valence-corrected chi connectivity index (χ3v) is 12.1. The van der Waals surface area contributed by atoms with E-state index in [1.165, 1.54) is 34.2 Å². The van der Waals surface area contributed by atoms with Crippen molar-refractivity contribution in [2.45, 2.75) is 6.92 Å². The number of benzene rings is 4.